The average molecular weight is 366 g/mol. The predicted octanol–water partition coefficient (Wildman–Crippen LogP) is 5.27. The molecule has 2 aromatic rings. The molecule has 1 aliphatic rings. The molecule has 0 aliphatic heterocycles. The summed E-state index contributed by atoms with van der Waals surface area (Å²) < 4.78 is 39.4. The van der Waals surface area contributed by atoms with Crippen LogP contribution < -0.4 is 0 Å². The maximum absolute atomic E-state index is 13.1. The van der Waals surface area contributed by atoms with E-state index in [0.29, 0.717) is 12.1 Å². The zero-order valence-electron chi connectivity index (χ0n) is 13.3. The fourth-order valence-corrected chi connectivity index (χ4v) is 3.50. The largest absolute Gasteiger partial charge is 0.417 e. The van der Waals surface area contributed by atoms with Gasteiger partial charge in [0.25, 0.3) is 0 Å². The summed E-state index contributed by atoms with van der Waals surface area (Å²) in [6.07, 6.45) is -4.16. The molecular formula is C19H15ClF3NO. The molecule has 0 amide bonds. The van der Waals surface area contributed by atoms with Crippen molar-refractivity contribution in [2.24, 2.45) is 4.99 Å². The molecule has 25 heavy (non-hydrogen) atoms. The van der Waals surface area contributed by atoms with Gasteiger partial charge in [-0.1, -0.05) is 48.0 Å². The number of Topliss-reactive ketones (excluding diaryl/α,β-unsaturated/α-hetero) is 1. The van der Waals surface area contributed by atoms with Crippen LogP contribution in [0.3, 0.4) is 0 Å². The van der Waals surface area contributed by atoms with Gasteiger partial charge in [-0.25, -0.2) is 0 Å². The first-order chi connectivity index (χ1) is 11.8. The highest BCUT2D eigenvalue weighted by Crippen LogP contribution is 2.42. The van der Waals surface area contributed by atoms with Crippen LogP contribution in [0.25, 0.3) is 0 Å². The van der Waals surface area contributed by atoms with E-state index in [1.165, 1.54) is 12.1 Å². The van der Waals surface area contributed by atoms with E-state index >= 15 is 0 Å². The third-order valence-electron chi connectivity index (χ3n) is 4.49. The Labute approximate surface area is 148 Å². The van der Waals surface area contributed by atoms with Crippen molar-refractivity contribution in [1.82, 2.24) is 0 Å². The Morgan fingerprint density at radius 3 is 2.36 bits per heavy atom. The van der Waals surface area contributed by atoms with E-state index in [9.17, 15) is 18.0 Å². The summed E-state index contributed by atoms with van der Waals surface area (Å²) in [6.45, 7) is 0. The Bertz CT molecular complexity index is 830. The third kappa shape index (κ3) is 3.33. The number of ketones is 1. The van der Waals surface area contributed by atoms with Gasteiger partial charge in [0.1, 0.15) is 0 Å². The van der Waals surface area contributed by atoms with Gasteiger partial charge >= 0.3 is 6.18 Å². The van der Waals surface area contributed by atoms with E-state index < -0.39 is 23.6 Å². The molecule has 0 N–H and O–H groups in total. The van der Waals surface area contributed by atoms with Crippen molar-refractivity contribution in [3.63, 3.8) is 0 Å². The van der Waals surface area contributed by atoms with Gasteiger partial charge in [-0.2, -0.15) is 13.2 Å². The molecule has 0 bridgehead atoms. The monoisotopic (exact) mass is 365 g/mol. The second-order valence-electron chi connectivity index (χ2n) is 5.95. The number of hydrogen-bond acceptors (Lipinski definition) is 2. The molecule has 2 nitrogen and oxygen atoms in total. The lowest BCUT2D eigenvalue weighted by Crippen LogP contribution is -2.16. The summed E-state index contributed by atoms with van der Waals surface area (Å²) in [5.41, 5.74) is 0.786. The lowest BCUT2D eigenvalue weighted by molar-refractivity contribution is -0.137. The van der Waals surface area contributed by atoms with Crippen LogP contribution >= 0.6 is 11.6 Å². The smallest absolute Gasteiger partial charge is 0.298 e. The molecule has 130 valence electrons. The standard InChI is InChI=1S/C19H15ClF3NO/c1-24-16-10-13(11-5-3-2-4-6-11)18(25)17(16)12-7-8-15(20)14(9-12)19(21,22)23/h2-9,13,17H,10H2,1H3. The van der Waals surface area contributed by atoms with Crippen molar-refractivity contribution in [1.29, 1.82) is 0 Å². The number of carbonyl (C=O) groups excluding carboxylic acids is 1. The minimum Gasteiger partial charge on any atom is -0.298 e. The highest BCUT2D eigenvalue weighted by Gasteiger charge is 2.42. The summed E-state index contributed by atoms with van der Waals surface area (Å²) in [4.78, 5) is 17.1. The van der Waals surface area contributed by atoms with E-state index in [2.05, 4.69) is 4.99 Å². The molecule has 0 aromatic heterocycles. The predicted molar refractivity (Wildman–Crippen MR) is 91.4 cm³/mol. The van der Waals surface area contributed by atoms with E-state index in [4.69, 9.17) is 11.6 Å². The SMILES string of the molecule is CN=C1CC(c2ccccc2)C(=O)C1c1ccc(Cl)c(C(F)(F)F)c1. The molecule has 1 aliphatic carbocycles. The first-order valence-electron chi connectivity index (χ1n) is 7.73. The van der Waals surface area contributed by atoms with Gasteiger partial charge in [-0.15, -0.1) is 0 Å². The van der Waals surface area contributed by atoms with Crippen LogP contribution in [-0.2, 0) is 11.0 Å². The second-order valence-corrected chi connectivity index (χ2v) is 6.36. The molecule has 0 heterocycles. The Balaban J connectivity index is 2.03. The van der Waals surface area contributed by atoms with Crippen molar-refractivity contribution in [2.45, 2.75) is 24.4 Å². The highest BCUT2D eigenvalue weighted by atomic mass is 35.5. The van der Waals surface area contributed by atoms with E-state index in [1.807, 2.05) is 30.3 Å². The molecule has 2 atom stereocenters. The number of carbonyl (C=O) groups is 1. The minimum absolute atomic E-state index is 0.137. The summed E-state index contributed by atoms with van der Waals surface area (Å²) >= 11 is 5.68. The molecule has 0 spiro atoms. The minimum atomic E-state index is -4.57. The maximum Gasteiger partial charge on any atom is 0.417 e. The quantitative estimate of drug-likeness (QED) is 0.712. The zero-order chi connectivity index (χ0) is 18.2. The molecule has 0 radical (unpaired) electrons. The van der Waals surface area contributed by atoms with Crippen LogP contribution in [0.1, 0.15) is 34.9 Å². The molecule has 1 saturated carbocycles. The maximum atomic E-state index is 13.1. The van der Waals surface area contributed by atoms with Crippen LogP contribution in [0, 0.1) is 0 Å². The first-order valence-corrected chi connectivity index (χ1v) is 8.11. The number of rotatable bonds is 2. The zero-order valence-corrected chi connectivity index (χ0v) is 14.1. The second kappa shape index (κ2) is 6.64. The van der Waals surface area contributed by atoms with E-state index in [1.54, 1.807) is 7.05 Å². The van der Waals surface area contributed by atoms with Crippen molar-refractivity contribution < 1.29 is 18.0 Å². The van der Waals surface area contributed by atoms with Crippen molar-refractivity contribution in [3.8, 4) is 0 Å². The molecule has 3 rings (SSSR count). The van der Waals surface area contributed by atoms with Crippen molar-refractivity contribution in [2.75, 3.05) is 7.05 Å². The number of hydrogen-bond donors (Lipinski definition) is 0. The van der Waals surface area contributed by atoms with Crippen LogP contribution in [0.15, 0.2) is 53.5 Å². The topological polar surface area (TPSA) is 29.4 Å². The van der Waals surface area contributed by atoms with Crippen molar-refractivity contribution >= 4 is 23.1 Å². The Morgan fingerprint density at radius 2 is 1.76 bits per heavy atom. The van der Waals surface area contributed by atoms with Crippen molar-refractivity contribution in [3.05, 3.63) is 70.2 Å². The summed E-state index contributed by atoms with van der Waals surface area (Å²) in [6, 6.07) is 12.8. The Hall–Kier alpha value is -2.14. The van der Waals surface area contributed by atoms with E-state index in [-0.39, 0.29) is 16.4 Å². The van der Waals surface area contributed by atoms with E-state index in [0.717, 1.165) is 11.6 Å². The summed E-state index contributed by atoms with van der Waals surface area (Å²) in [5, 5.41) is -0.378. The Kier molecular flexibility index (Phi) is 4.69. The summed E-state index contributed by atoms with van der Waals surface area (Å²) in [5.74, 6) is -1.30. The average Bonchev–Trinajstić information content (AvgIpc) is 2.92. The molecule has 1 fully saturated rings. The van der Waals surface area contributed by atoms with Crippen LogP contribution in [0.4, 0.5) is 13.2 Å². The number of benzene rings is 2. The van der Waals surface area contributed by atoms with Gasteiger partial charge in [-0.05, 0) is 23.3 Å². The number of nitrogens with zero attached hydrogens (tertiary/aromatic N) is 1. The molecule has 6 heteroatoms. The third-order valence-corrected chi connectivity index (χ3v) is 4.82. The molecule has 2 aromatic carbocycles. The normalized spacial score (nSPS) is 22.6. The van der Waals surface area contributed by atoms with Crippen LogP contribution in [0.2, 0.25) is 5.02 Å². The molecule has 0 saturated heterocycles. The first kappa shape index (κ1) is 17.7. The molecular weight excluding hydrogens is 351 g/mol. The molecule has 2 unspecified atom stereocenters. The van der Waals surface area contributed by atoms with Gasteiger partial charge in [0.2, 0.25) is 0 Å². The fourth-order valence-electron chi connectivity index (χ4n) is 3.28. The number of aliphatic imine (C=N–C) groups is 1. The van der Waals surface area contributed by atoms with Crippen LogP contribution in [0.5, 0.6) is 0 Å². The lowest BCUT2D eigenvalue weighted by Gasteiger charge is -2.15. The van der Waals surface area contributed by atoms with Gasteiger partial charge in [0, 0.05) is 25.1 Å². The number of alkyl halides is 3. The fraction of sp³-hybridized carbons (Fsp3) is 0.263. The number of halogens is 4. The highest BCUT2D eigenvalue weighted by molar-refractivity contribution is 6.31. The van der Waals surface area contributed by atoms with Crippen LogP contribution in [-0.4, -0.2) is 18.5 Å². The van der Waals surface area contributed by atoms with Gasteiger partial charge in [0.05, 0.1) is 16.5 Å². The lowest BCUT2D eigenvalue weighted by atomic mass is 9.90. The van der Waals surface area contributed by atoms with Gasteiger partial charge < -0.3 is 0 Å². The van der Waals surface area contributed by atoms with Gasteiger partial charge in [-0.3, -0.25) is 9.79 Å². The van der Waals surface area contributed by atoms with Gasteiger partial charge in [0.15, 0.2) is 5.78 Å². The Morgan fingerprint density at radius 1 is 1.08 bits per heavy atom. The summed E-state index contributed by atoms with van der Waals surface area (Å²) in [7, 11) is 1.56.